The fourth-order valence-electron chi connectivity index (χ4n) is 2.56. The van der Waals surface area contributed by atoms with E-state index in [1.54, 1.807) is 47.0 Å². The van der Waals surface area contributed by atoms with Gasteiger partial charge in [-0.05, 0) is 32.4 Å². The molecule has 1 N–H and O–H groups in total. The molecule has 0 fully saturated rings. The molecule has 2 aromatic rings. The van der Waals surface area contributed by atoms with Crippen molar-refractivity contribution in [1.82, 2.24) is 9.47 Å². The predicted molar refractivity (Wildman–Crippen MR) is 107 cm³/mol. The number of rotatable bonds is 6. The number of ether oxygens (including phenoxy) is 1. The predicted octanol–water partition coefficient (Wildman–Crippen LogP) is 2.04. The van der Waals surface area contributed by atoms with E-state index in [1.807, 2.05) is 0 Å². The molecule has 2 aromatic heterocycles. The quantitative estimate of drug-likeness (QED) is 0.742. The summed E-state index contributed by atoms with van der Waals surface area (Å²) in [5.41, 5.74) is 0.856. The molecule has 2 rings (SSSR count). The summed E-state index contributed by atoms with van der Waals surface area (Å²) in [6, 6.07) is 3.34. The van der Waals surface area contributed by atoms with Gasteiger partial charge in [0.2, 0.25) is 5.91 Å². The summed E-state index contributed by atoms with van der Waals surface area (Å²) in [4.78, 5) is 51.1. The van der Waals surface area contributed by atoms with Crippen molar-refractivity contribution < 1.29 is 19.1 Å². The molecule has 9 heteroatoms. The van der Waals surface area contributed by atoms with Crippen molar-refractivity contribution in [2.45, 2.75) is 27.3 Å². The molecule has 2 heterocycles. The summed E-state index contributed by atoms with van der Waals surface area (Å²) in [6.07, 6.45) is 1.52. The molecular formula is C19H23N3O5S. The van der Waals surface area contributed by atoms with Crippen molar-refractivity contribution in [2.24, 2.45) is 0 Å². The van der Waals surface area contributed by atoms with Crippen LogP contribution < -0.4 is 10.9 Å². The Balaban J connectivity index is 2.37. The van der Waals surface area contributed by atoms with Crippen LogP contribution in [0.15, 0.2) is 23.1 Å². The zero-order valence-electron chi connectivity index (χ0n) is 16.5. The zero-order valence-corrected chi connectivity index (χ0v) is 17.3. The van der Waals surface area contributed by atoms with E-state index in [0.29, 0.717) is 16.0 Å². The lowest BCUT2D eigenvalue weighted by Gasteiger charge is -2.09. The van der Waals surface area contributed by atoms with E-state index in [0.717, 1.165) is 11.3 Å². The van der Waals surface area contributed by atoms with Gasteiger partial charge in [0.25, 0.3) is 11.5 Å². The van der Waals surface area contributed by atoms with E-state index in [9.17, 15) is 19.2 Å². The van der Waals surface area contributed by atoms with Crippen LogP contribution >= 0.6 is 11.3 Å². The number of anilines is 1. The maximum atomic E-state index is 12.5. The molecule has 0 unspecified atom stereocenters. The second-order valence-electron chi connectivity index (χ2n) is 6.35. The van der Waals surface area contributed by atoms with E-state index in [2.05, 4.69) is 5.32 Å². The summed E-state index contributed by atoms with van der Waals surface area (Å²) in [6.45, 7) is 4.93. The largest absolute Gasteiger partial charge is 0.462 e. The van der Waals surface area contributed by atoms with Gasteiger partial charge >= 0.3 is 5.97 Å². The first kappa shape index (κ1) is 21.4. The Kier molecular flexibility index (Phi) is 6.74. The van der Waals surface area contributed by atoms with E-state index in [4.69, 9.17) is 4.74 Å². The topological polar surface area (TPSA) is 97.7 Å². The van der Waals surface area contributed by atoms with Crippen LogP contribution in [0.1, 0.15) is 38.1 Å². The normalized spacial score (nSPS) is 10.5. The lowest BCUT2D eigenvalue weighted by molar-refractivity contribution is -0.116. The van der Waals surface area contributed by atoms with Crippen molar-refractivity contribution in [3.63, 3.8) is 0 Å². The van der Waals surface area contributed by atoms with E-state index < -0.39 is 11.9 Å². The fourth-order valence-corrected chi connectivity index (χ4v) is 3.79. The number of carbonyl (C=O) groups is 3. The average Bonchev–Trinajstić information content (AvgIpc) is 2.94. The van der Waals surface area contributed by atoms with Gasteiger partial charge in [-0.3, -0.25) is 14.4 Å². The summed E-state index contributed by atoms with van der Waals surface area (Å²) >= 11 is 1.01. The first-order valence-electron chi connectivity index (χ1n) is 8.65. The van der Waals surface area contributed by atoms with Crippen LogP contribution in [0.3, 0.4) is 0 Å². The SMILES string of the molecule is CCOC(=O)c1c(NC(=O)Cn2cccc(C)c2=O)sc(C(=O)N(C)C)c1C. The second-order valence-corrected chi connectivity index (χ2v) is 7.37. The molecule has 0 aromatic carbocycles. The Morgan fingerprint density at radius 2 is 1.93 bits per heavy atom. The molecule has 0 aliphatic carbocycles. The van der Waals surface area contributed by atoms with Gasteiger partial charge in [0.1, 0.15) is 11.5 Å². The molecule has 0 atom stereocenters. The van der Waals surface area contributed by atoms with Crippen LogP contribution in [0.4, 0.5) is 5.00 Å². The van der Waals surface area contributed by atoms with Gasteiger partial charge in [-0.15, -0.1) is 11.3 Å². The minimum atomic E-state index is -0.614. The van der Waals surface area contributed by atoms with Crippen LogP contribution in [0, 0.1) is 13.8 Å². The third-order valence-electron chi connectivity index (χ3n) is 4.00. The number of pyridine rings is 1. The molecule has 2 amide bonds. The van der Waals surface area contributed by atoms with Gasteiger partial charge in [0, 0.05) is 25.9 Å². The van der Waals surface area contributed by atoms with Crippen LogP contribution in [0.25, 0.3) is 0 Å². The lowest BCUT2D eigenvalue weighted by atomic mass is 10.1. The van der Waals surface area contributed by atoms with Crippen LogP contribution in [-0.4, -0.2) is 48.0 Å². The Hall–Kier alpha value is -2.94. The van der Waals surface area contributed by atoms with Crippen molar-refractivity contribution in [3.8, 4) is 0 Å². The number of nitrogens with zero attached hydrogens (tertiary/aromatic N) is 2. The summed E-state index contributed by atoms with van der Waals surface area (Å²) < 4.78 is 6.35. The van der Waals surface area contributed by atoms with Gasteiger partial charge in [-0.2, -0.15) is 0 Å². The highest BCUT2D eigenvalue weighted by atomic mass is 32.1. The number of amides is 2. The number of aromatic nitrogens is 1. The highest BCUT2D eigenvalue weighted by Crippen LogP contribution is 2.34. The second kappa shape index (κ2) is 8.83. The number of carbonyl (C=O) groups excluding carboxylic acids is 3. The lowest BCUT2D eigenvalue weighted by Crippen LogP contribution is -2.28. The number of aryl methyl sites for hydroxylation is 1. The Bertz CT molecular complexity index is 974. The van der Waals surface area contributed by atoms with Crippen molar-refractivity contribution in [2.75, 3.05) is 26.0 Å². The van der Waals surface area contributed by atoms with Gasteiger partial charge < -0.3 is 19.5 Å². The molecule has 0 aliphatic rings. The van der Waals surface area contributed by atoms with Gasteiger partial charge in [0.05, 0.1) is 17.0 Å². The molecule has 0 aliphatic heterocycles. The third kappa shape index (κ3) is 4.48. The van der Waals surface area contributed by atoms with E-state index in [1.165, 1.54) is 15.7 Å². The van der Waals surface area contributed by atoms with Gasteiger partial charge in [-0.1, -0.05) is 6.07 Å². The van der Waals surface area contributed by atoms with Crippen molar-refractivity contribution >= 4 is 34.1 Å². The molecule has 0 saturated heterocycles. The molecule has 150 valence electrons. The number of hydrogen-bond donors (Lipinski definition) is 1. The number of hydrogen-bond acceptors (Lipinski definition) is 6. The minimum absolute atomic E-state index is 0.155. The smallest absolute Gasteiger partial charge is 0.341 e. The summed E-state index contributed by atoms with van der Waals surface area (Å²) in [5, 5.41) is 2.88. The highest BCUT2D eigenvalue weighted by Gasteiger charge is 2.27. The number of nitrogens with one attached hydrogen (secondary N) is 1. The fraction of sp³-hybridized carbons (Fsp3) is 0.368. The van der Waals surface area contributed by atoms with E-state index >= 15 is 0 Å². The number of thiophene rings is 1. The third-order valence-corrected chi connectivity index (χ3v) is 5.20. The van der Waals surface area contributed by atoms with Crippen molar-refractivity contribution in [1.29, 1.82) is 0 Å². The first-order chi connectivity index (χ1) is 13.2. The van der Waals surface area contributed by atoms with Crippen LogP contribution in [0.5, 0.6) is 0 Å². The monoisotopic (exact) mass is 405 g/mol. The molecule has 0 saturated carbocycles. The standard InChI is InChI=1S/C19H23N3O5S/c1-6-27-19(26)14-12(3)15(18(25)21(4)5)28-16(14)20-13(23)10-22-9-7-8-11(2)17(22)24/h7-9H,6,10H2,1-5H3,(H,20,23). The molecule has 8 nitrogen and oxygen atoms in total. The maximum absolute atomic E-state index is 12.5. The maximum Gasteiger partial charge on any atom is 0.341 e. The average molecular weight is 405 g/mol. The van der Waals surface area contributed by atoms with Crippen LogP contribution in [-0.2, 0) is 16.1 Å². The summed E-state index contributed by atoms with van der Waals surface area (Å²) in [7, 11) is 3.21. The van der Waals surface area contributed by atoms with Gasteiger partial charge in [0.15, 0.2) is 0 Å². The molecule has 0 bridgehead atoms. The number of esters is 1. The Morgan fingerprint density at radius 1 is 1.25 bits per heavy atom. The van der Waals surface area contributed by atoms with Crippen molar-refractivity contribution in [3.05, 3.63) is 50.3 Å². The highest BCUT2D eigenvalue weighted by molar-refractivity contribution is 7.18. The first-order valence-corrected chi connectivity index (χ1v) is 9.47. The molecular weight excluding hydrogens is 382 g/mol. The molecule has 28 heavy (non-hydrogen) atoms. The zero-order chi connectivity index (χ0) is 21.0. The van der Waals surface area contributed by atoms with Gasteiger partial charge in [-0.25, -0.2) is 4.79 Å². The Morgan fingerprint density at radius 3 is 2.54 bits per heavy atom. The minimum Gasteiger partial charge on any atom is -0.462 e. The van der Waals surface area contributed by atoms with Crippen LogP contribution in [0.2, 0.25) is 0 Å². The Labute approximate surface area is 166 Å². The molecule has 0 radical (unpaired) electrons. The molecule has 0 spiro atoms. The summed E-state index contributed by atoms with van der Waals surface area (Å²) in [5.74, 6) is -1.37. The van der Waals surface area contributed by atoms with E-state index in [-0.39, 0.29) is 35.2 Å².